The topological polar surface area (TPSA) is 26.3 Å². The molecule has 1 aliphatic carbocycles. The average Bonchev–Trinajstić information content (AvgIpc) is 2.48. The van der Waals surface area contributed by atoms with E-state index in [4.69, 9.17) is 4.74 Å². The molecule has 0 spiro atoms. The lowest BCUT2D eigenvalue weighted by atomic mass is 9.77. The highest BCUT2D eigenvalue weighted by Gasteiger charge is 2.42. The maximum Gasteiger partial charge on any atom is 0.306 e. The Morgan fingerprint density at radius 3 is 2.79 bits per heavy atom. The number of ether oxygens (including phenoxy) is 1. The van der Waals surface area contributed by atoms with Gasteiger partial charge in [0.1, 0.15) is 5.60 Å². The molecule has 1 fully saturated rings. The van der Waals surface area contributed by atoms with Crippen LogP contribution in [0, 0.1) is 5.92 Å². The molecule has 0 aromatic rings. The van der Waals surface area contributed by atoms with E-state index >= 15 is 0 Å². The van der Waals surface area contributed by atoms with Crippen LogP contribution in [0.3, 0.4) is 0 Å². The van der Waals surface area contributed by atoms with Gasteiger partial charge in [-0.1, -0.05) is 11.6 Å². The number of hydrogen-bond acceptors (Lipinski definition) is 2. The molecule has 0 amide bonds. The lowest BCUT2D eigenvalue weighted by Gasteiger charge is -2.34. The van der Waals surface area contributed by atoms with Crippen molar-refractivity contribution in [3.63, 3.8) is 0 Å². The first-order valence-electron chi connectivity index (χ1n) is 5.48. The van der Waals surface area contributed by atoms with Crippen molar-refractivity contribution in [2.24, 2.45) is 5.92 Å². The fourth-order valence-electron chi connectivity index (χ4n) is 2.52. The average molecular weight is 194 g/mol. The molecule has 0 N–H and O–H groups in total. The van der Waals surface area contributed by atoms with E-state index in [2.05, 4.69) is 19.9 Å². The predicted molar refractivity (Wildman–Crippen MR) is 54.8 cm³/mol. The lowest BCUT2D eigenvalue weighted by Crippen LogP contribution is -2.35. The van der Waals surface area contributed by atoms with E-state index in [9.17, 15) is 4.79 Å². The Bertz CT molecular complexity index is 280. The Kier molecular flexibility index (Phi) is 2.38. The Morgan fingerprint density at radius 2 is 2.29 bits per heavy atom. The number of rotatable bonds is 1. The van der Waals surface area contributed by atoms with Gasteiger partial charge in [-0.25, -0.2) is 0 Å². The molecule has 2 nitrogen and oxygen atoms in total. The standard InChI is InChI=1S/C12H18O2/c1-9-3-5-10(6-4-9)12(2)8-7-11(13)14-12/h3,10H,4-8H2,1-2H3/t10-,12+/m1/s1. The number of allylic oxidation sites excluding steroid dienone is 2. The Hall–Kier alpha value is -0.790. The molecule has 0 unspecified atom stereocenters. The summed E-state index contributed by atoms with van der Waals surface area (Å²) in [7, 11) is 0. The highest BCUT2D eigenvalue weighted by Crippen LogP contribution is 2.40. The van der Waals surface area contributed by atoms with Gasteiger partial charge in [0, 0.05) is 12.3 Å². The SMILES string of the molecule is CC1=CC[C@@H]([C@]2(C)CCC(=O)O2)CC1. The van der Waals surface area contributed by atoms with Crippen molar-refractivity contribution in [3.8, 4) is 0 Å². The first kappa shape index (κ1) is 9.75. The zero-order chi connectivity index (χ0) is 10.2. The molecule has 0 aromatic heterocycles. The minimum atomic E-state index is -0.172. The first-order valence-corrected chi connectivity index (χ1v) is 5.48. The van der Waals surface area contributed by atoms with Gasteiger partial charge >= 0.3 is 5.97 Å². The Morgan fingerprint density at radius 1 is 1.50 bits per heavy atom. The van der Waals surface area contributed by atoms with E-state index in [1.165, 1.54) is 12.0 Å². The van der Waals surface area contributed by atoms with Gasteiger partial charge in [0.2, 0.25) is 0 Å². The van der Waals surface area contributed by atoms with Crippen molar-refractivity contribution >= 4 is 5.97 Å². The third kappa shape index (κ3) is 1.70. The molecule has 0 radical (unpaired) electrons. The summed E-state index contributed by atoms with van der Waals surface area (Å²) in [4.78, 5) is 11.1. The first-order chi connectivity index (χ1) is 6.60. The Balaban J connectivity index is 2.05. The van der Waals surface area contributed by atoms with Crippen LogP contribution in [-0.2, 0) is 9.53 Å². The van der Waals surface area contributed by atoms with Crippen molar-refractivity contribution in [1.29, 1.82) is 0 Å². The maximum absolute atomic E-state index is 11.1. The minimum Gasteiger partial charge on any atom is -0.459 e. The monoisotopic (exact) mass is 194 g/mol. The van der Waals surface area contributed by atoms with Crippen LogP contribution < -0.4 is 0 Å². The number of esters is 1. The second kappa shape index (κ2) is 3.41. The largest absolute Gasteiger partial charge is 0.459 e. The fourth-order valence-corrected chi connectivity index (χ4v) is 2.52. The molecule has 1 aliphatic heterocycles. The van der Waals surface area contributed by atoms with Gasteiger partial charge in [-0.2, -0.15) is 0 Å². The molecular weight excluding hydrogens is 176 g/mol. The minimum absolute atomic E-state index is 0.0150. The van der Waals surface area contributed by atoms with Crippen LogP contribution in [0.5, 0.6) is 0 Å². The van der Waals surface area contributed by atoms with Crippen LogP contribution >= 0.6 is 0 Å². The summed E-state index contributed by atoms with van der Waals surface area (Å²) in [5.74, 6) is 0.524. The molecule has 2 heteroatoms. The van der Waals surface area contributed by atoms with Crippen molar-refractivity contribution < 1.29 is 9.53 Å². The summed E-state index contributed by atoms with van der Waals surface area (Å²) in [6.45, 7) is 4.27. The quantitative estimate of drug-likeness (QED) is 0.474. The zero-order valence-electron chi connectivity index (χ0n) is 9.01. The smallest absolute Gasteiger partial charge is 0.306 e. The summed E-state index contributed by atoms with van der Waals surface area (Å²) in [6, 6.07) is 0. The number of carbonyl (C=O) groups excluding carboxylic acids is 1. The lowest BCUT2D eigenvalue weighted by molar-refractivity contribution is -0.151. The van der Waals surface area contributed by atoms with Crippen LogP contribution in [-0.4, -0.2) is 11.6 Å². The molecule has 2 aliphatic rings. The number of carbonyl (C=O) groups is 1. The molecule has 14 heavy (non-hydrogen) atoms. The fraction of sp³-hybridized carbons (Fsp3) is 0.750. The van der Waals surface area contributed by atoms with Gasteiger partial charge in [0.05, 0.1) is 0 Å². The van der Waals surface area contributed by atoms with Crippen LogP contribution in [0.15, 0.2) is 11.6 Å². The molecule has 2 atom stereocenters. The highest BCUT2D eigenvalue weighted by molar-refractivity contribution is 5.72. The van der Waals surface area contributed by atoms with E-state index < -0.39 is 0 Å². The van der Waals surface area contributed by atoms with Gasteiger partial charge in [-0.15, -0.1) is 0 Å². The second-order valence-corrected chi connectivity index (χ2v) is 4.81. The van der Waals surface area contributed by atoms with Gasteiger partial charge in [-0.3, -0.25) is 4.79 Å². The zero-order valence-corrected chi connectivity index (χ0v) is 9.01. The molecule has 1 saturated heterocycles. The van der Waals surface area contributed by atoms with E-state index in [1.54, 1.807) is 0 Å². The summed E-state index contributed by atoms with van der Waals surface area (Å²) in [6.07, 6.45) is 7.23. The molecule has 0 saturated carbocycles. The molecule has 2 rings (SSSR count). The normalized spacial score (nSPS) is 38.0. The molecule has 0 aromatic carbocycles. The summed E-state index contributed by atoms with van der Waals surface area (Å²) < 4.78 is 5.46. The summed E-state index contributed by atoms with van der Waals surface area (Å²) >= 11 is 0. The van der Waals surface area contributed by atoms with E-state index in [0.717, 1.165) is 19.3 Å². The predicted octanol–water partition coefficient (Wildman–Crippen LogP) is 2.83. The third-order valence-electron chi connectivity index (χ3n) is 3.67. The number of hydrogen-bond donors (Lipinski definition) is 0. The maximum atomic E-state index is 11.1. The molecule has 0 bridgehead atoms. The second-order valence-electron chi connectivity index (χ2n) is 4.81. The third-order valence-corrected chi connectivity index (χ3v) is 3.67. The molecular formula is C12H18O2. The van der Waals surface area contributed by atoms with Crippen molar-refractivity contribution in [2.75, 3.05) is 0 Å². The van der Waals surface area contributed by atoms with Gasteiger partial charge in [-0.05, 0) is 39.5 Å². The molecule has 1 heterocycles. The van der Waals surface area contributed by atoms with Gasteiger partial charge in [0.15, 0.2) is 0 Å². The molecule has 78 valence electrons. The van der Waals surface area contributed by atoms with Crippen molar-refractivity contribution in [2.45, 2.75) is 51.6 Å². The van der Waals surface area contributed by atoms with Crippen molar-refractivity contribution in [3.05, 3.63) is 11.6 Å². The number of cyclic esters (lactones) is 1. The van der Waals surface area contributed by atoms with Crippen LogP contribution in [0.2, 0.25) is 0 Å². The van der Waals surface area contributed by atoms with Crippen molar-refractivity contribution in [1.82, 2.24) is 0 Å². The van der Waals surface area contributed by atoms with Gasteiger partial charge < -0.3 is 4.74 Å². The highest BCUT2D eigenvalue weighted by atomic mass is 16.6. The summed E-state index contributed by atoms with van der Waals surface area (Å²) in [5, 5.41) is 0. The van der Waals surface area contributed by atoms with E-state index in [-0.39, 0.29) is 11.6 Å². The van der Waals surface area contributed by atoms with E-state index in [0.29, 0.717) is 12.3 Å². The van der Waals surface area contributed by atoms with E-state index in [1.807, 2.05) is 0 Å². The summed E-state index contributed by atoms with van der Waals surface area (Å²) in [5.41, 5.74) is 1.31. The van der Waals surface area contributed by atoms with Gasteiger partial charge in [0.25, 0.3) is 0 Å². The van der Waals surface area contributed by atoms with Crippen LogP contribution in [0.25, 0.3) is 0 Å². The Labute approximate surface area is 85.3 Å². The van der Waals surface area contributed by atoms with Crippen LogP contribution in [0.1, 0.15) is 46.0 Å². The van der Waals surface area contributed by atoms with Crippen LogP contribution in [0.4, 0.5) is 0 Å².